The average molecular weight is 136 g/mol. The highest BCUT2D eigenvalue weighted by Crippen LogP contribution is 2.08. The van der Waals surface area contributed by atoms with E-state index >= 15 is 0 Å². The van der Waals surface area contributed by atoms with Crippen molar-refractivity contribution < 1.29 is 5.11 Å². The van der Waals surface area contributed by atoms with Crippen molar-refractivity contribution in [3.63, 3.8) is 0 Å². The van der Waals surface area contributed by atoms with Crippen molar-refractivity contribution in [3.8, 4) is 5.75 Å². The predicted octanol–water partition coefficient (Wildman–Crippen LogP) is 2.50. The van der Waals surface area contributed by atoms with E-state index in [-0.39, 0.29) is 0 Å². The number of hydrogen-bond acceptors (Lipinski definition) is 1. The molecule has 54 valence electrons. The summed E-state index contributed by atoms with van der Waals surface area (Å²) in [6.45, 7) is 7.94. The molecule has 0 heterocycles. The van der Waals surface area contributed by atoms with E-state index in [0.717, 1.165) is 5.56 Å². The van der Waals surface area contributed by atoms with Crippen LogP contribution >= 0.6 is 0 Å². The number of hydrogen-bond donors (Lipinski definition) is 1. The molecule has 0 aromatic heterocycles. The Morgan fingerprint density at radius 2 is 1.90 bits per heavy atom. The van der Waals surface area contributed by atoms with Crippen LogP contribution in [0.3, 0.4) is 0 Å². The first-order valence-corrected chi connectivity index (χ1v) is 3.04. The summed E-state index contributed by atoms with van der Waals surface area (Å²) in [4.78, 5) is 0. The van der Waals surface area contributed by atoms with E-state index in [4.69, 9.17) is 5.11 Å². The van der Waals surface area contributed by atoms with Crippen LogP contribution in [0.1, 0.15) is 5.56 Å². The monoisotopic (exact) mass is 136 g/mol. The third-order valence-corrected chi connectivity index (χ3v) is 1.00. The molecule has 0 fully saturated rings. The van der Waals surface area contributed by atoms with Crippen LogP contribution in [0.4, 0.5) is 0 Å². The van der Waals surface area contributed by atoms with Gasteiger partial charge in [0.05, 0.1) is 0 Å². The van der Waals surface area contributed by atoms with Gasteiger partial charge in [0, 0.05) is 0 Å². The molecule has 1 nitrogen and oxygen atoms in total. The van der Waals surface area contributed by atoms with Crippen molar-refractivity contribution in [2.75, 3.05) is 0 Å². The van der Waals surface area contributed by atoms with Gasteiger partial charge in [-0.15, -0.1) is 13.2 Å². The lowest BCUT2D eigenvalue weighted by atomic mass is 10.2. The van der Waals surface area contributed by atoms with Crippen LogP contribution in [0, 0.1) is 6.92 Å². The van der Waals surface area contributed by atoms with Gasteiger partial charge in [-0.3, -0.25) is 0 Å². The lowest BCUT2D eigenvalue weighted by molar-refractivity contribution is 0.475. The molecule has 0 saturated heterocycles. The highest BCUT2D eigenvalue weighted by molar-refractivity contribution is 5.25. The molecule has 1 N–H and O–H groups in total. The molecular formula is C9H12O. The number of aromatic hydroxyl groups is 1. The molecule has 0 radical (unpaired) electrons. The Balaban J connectivity index is 0.000000371. The summed E-state index contributed by atoms with van der Waals surface area (Å²) >= 11 is 0. The molecule has 0 aliphatic rings. The van der Waals surface area contributed by atoms with Crippen molar-refractivity contribution in [3.05, 3.63) is 43.0 Å². The van der Waals surface area contributed by atoms with E-state index in [9.17, 15) is 0 Å². The zero-order valence-corrected chi connectivity index (χ0v) is 6.17. The highest BCUT2D eigenvalue weighted by atomic mass is 16.3. The van der Waals surface area contributed by atoms with Crippen LogP contribution < -0.4 is 0 Å². The van der Waals surface area contributed by atoms with Crippen LogP contribution in [0.15, 0.2) is 37.4 Å². The largest absolute Gasteiger partial charge is 0.508 e. The van der Waals surface area contributed by atoms with Gasteiger partial charge in [0.25, 0.3) is 0 Å². The predicted molar refractivity (Wildman–Crippen MR) is 44.1 cm³/mol. The van der Waals surface area contributed by atoms with Crippen LogP contribution in [0.5, 0.6) is 5.75 Å². The first kappa shape index (κ1) is 8.76. The summed E-state index contributed by atoms with van der Waals surface area (Å²) in [7, 11) is 0. The van der Waals surface area contributed by atoms with Crippen LogP contribution in [0.2, 0.25) is 0 Å². The van der Waals surface area contributed by atoms with E-state index in [1.54, 1.807) is 12.1 Å². The Hall–Kier alpha value is -1.24. The van der Waals surface area contributed by atoms with Crippen molar-refractivity contribution in [1.29, 1.82) is 0 Å². The smallest absolute Gasteiger partial charge is 0.115 e. The molecule has 1 heteroatoms. The molecule has 0 amide bonds. The SMILES string of the molecule is C=C.Cc1cccc(O)c1. The summed E-state index contributed by atoms with van der Waals surface area (Å²) in [5, 5.41) is 8.81. The standard InChI is InChI=1S/C7H8O.C2H4/c1-6-3-2-4-7(8)5-6;1-2/h2-5,8H,1H3;1-2H2. The van der Waals surface area contributed by atoms with Crippen LogP contribution in [-0.4, -0.2) is 5.11 Å². The number of phenolic OH excluding ortho intramolecular Hbond substituents is 1. The fourth-order valence-corrected chi connectivity index (χ4v) is 0.628. The molecule has 10 heavy (non-hydrogen) atoms. The third-order valence-electron chi connectivity index (χ3n) is 1.00. The number of aryl methyl sites for hydroxylation is 1. The van der Waals surface area contributed by atoms with E-state index in [0.29, 0.717) is 5.75 Å². The van der Waals surface area contributed by atoms with Crippen molar-refractivity contribution in [2.24, 2.45) is 0 Å². The molecule has 1 aromatic carbocycles. The summed E-state index contributed by atoms with van der Waals surface area (Å²) in [5.41, 5.74) is 1.09. The second kappa shape index (κ2) is 4.62. The van der Waals surface area contributed by atoms with Crippen LogP contribution in [0.25, 0.3) is 0 Å². The number of rotatable bonds is 0. The molecule has 0 aliphatic heterocycles. The first-order chi connectivity index (χ1) is 4.79. The first-order valence-electron chi connectivity index (χ1n) is 3.04. The van der Waals surface area contributed by atoms with Gasteiger partial charge in [-0.25, -0.2) is 0 Å². The fraction of sp³-hybridized carbons (Fsp3) is 0.111. The maximum absolute atomic E-state index is 8.81. The molecule has 0 saturated carbocycles. The molecule has 0 spiro atoms. The zero-order valence-electron chi connectivity index (χ0n) is 6.17. The molecule has 0 aliphatic carbocycles. The summed E-state index contributed by atoms with van der Waals surface area (Å²) < 4.78 is 0. The topological polar surface area (TPSA) is 20.2 Å². The van der Waals surface area contributed by atoms with Gasteiger partial charge in [-0.1, -0.05) is 12.1 Å². The van der Waals surface area contributed by atoms with E-state index < -0.39 is 0 Å². The summed E-state index contributed by atoms with van der Waals surface area (Å²) in [6, 6.07) is 7.15. The lowest BCUT2D eigenvalue weighted by Gasteiger charge is -1.89. The van der Waals surface area contributed by atoms with E-state index in [1.165, 1.54) is 0 Å². The van der Waals surface area contributed by atoms with Crippen molar-refractivity contribution in [2.45, 2.75) is 6.92 Å². The van der Waals surface area contributed by atoms with Gasteiger partial charge in [0.2, 0.25) is 0 Å². The minimum absolute atomic E-state index is 0.338. The van der Waals surface area contributed by atoms with Gasteiger partial charge in [-0.05, 0) is 24.6 Å². The van der Waals surface area contributed by atoms with Gasteiger partial charge >= 0.3 is 0 Å². The second-order valence-electron chi connectivity index (χ2n) is 1.84. The molecule has 1 rings (SSSR count). The Morgan fingerprint density at radius 1 is 1.30 bits per heavy atom. The Morgan fingerprint density at radius 3 is 2.20 bits per heavy atom. The fourth-order valence-electron chi connectivity index (χ4n) is 0.628. The second-order valence-corrected chi connectivity index (χ2v) is 1.84. The van der Waals surface area contributed by atoms with E-state index in [2.05, 4.69) is 13.2 Å². The molecule has 1 aromatic rings. The molecular weight excluding hydrogens is 124 g/mol. The Bertz CT molecular complexity index is 176. The molecule has 0 unspecified atom stereocenters. The molecule has 0 bridgehead atoms. The molecule has 0 atom stereocenters. The maximum Gasteiger partial charge on any atom is 0.115 e. The highest BCUT2D eigenvalue weighted by Gasteiger charge is 1.83. The minimum atomic E-state index is 0.338. The van der Waals surface area contributed by atoms with Crippen LogP contribution in [-0.2, 0) is 0 Å². The lowest BCUT2D eigenvalue weighted by Crippen LogP contribution is -1.66. The Kier molecular flexibility index (Phi) is 4.05. The zero-order chi connectivity index (χ0) is 7.98. The van der Waals surface area contributed by atoms with Gasteiger partial charge in [-0.2, -0.15) is 0 Å². The van der Waals surface area contributed by atoms with Gasteiger partial charge in [0.1, 0.15) is 5.75 Å². The normalized spacial score (nSPS) is 7.70. The van der Waals surface area contributed by atoms with Crippen molar-refractivity contribution >= 4 is 0 Å². The number of benzene rings is 1. The summed E-state index contributed by atoms with van der Waals surface area (Å²) in [5.74, 6) is 0.338. The Labute approximate surface area is 61.6 Å². The quantitative estimate of drug-likeness (QED) is 0.543. The van der Waals surface area contributed by atoms with Crippen molar-refractivity contribution in [1.82, 2.24) is 0 Å². The van der Waals surface area contributed by atoms with Gasteiger partial charge in [0.15, 0.2) is 0 Å². The van der Waals surface area contributed by atoms with Gasteiger partial charge < -0.3 is 5.11 Å². The maximum atomic E-state index is 8.81. The summed E-state index contributed by atoms with van der Waals surface area (Å²) in [6.07, 6.45) is 0. The minimum Gasteiger partial charge on any atom is -0.508 e. The van der Waals surface area contributed by atoms with E-state index in [1.807, 2.05) is 19.1 Å². The number of phenols is 1. The average Bonchev–Trinajstić information content (AvgIpc) is 1.91. The third kappa shape index (κ3) is 2.92.